The van der Waals surface area contributed by atoms with E-state index in [1.807, 2.05) is 13.8 Å². The second kappa shape index (κ2) is 9.46. The van der Waals surface area contributed by atoms with Crippen molar-refractivity contribution in [2.75, 3.05) is 13.4 Å². The Morgan fingerprint density at radius 1 is 1.19 bits per heavy atom. The number of hydrogen-bond donors (Lipinski definition) is 0. The van der Waals surface area contributed by atoms with Gasteiger partial charge in [0.2, 0.25) is 0 Å². The SMILES string of the molecule is CCCC(CC)OCOC(=O)OCC(C)C. The Morgan fingerprint density at radius 2 is 1.88 bits per heavy atom. The highest BCUT2D eigenvalue weighted by Crippen LogP contribution is 2.06. The molecular formula is C12H24O4. The summed E-state index contributed by atoms with van der Waals surface area (Å²) in [5, 5.41) is 0. The van der Waals surface area contributed by atoms with Crippen molar-refractivity contribution in [3.05, 3.63) is 0 Å². The summed E-state index contributed by atoms with van der Waals surface area (Å²) in [4.78, 5) is 11.1. The molecule has 1 unspecified atom stereocenters. The summed E-state index contributed by atoms with van der Waals surface area (Å²) in [6.45, 7) is 8.46. The minimum atomic E-state index is -0.653. The van der Waals surface area contributed by atoms with Crippen molar-refractivity contribution in [1.29, 1.82) is 0 Å². The minimum Gasteiger partial charge on any atom is -0.434 e. The van der Waals surface area contributed by atoms with E-state index in [9.17, 15) is 4.79 Å². The van der Waals surface area contributed by atoms with Crippen LogP contribution < -0.4 is 0 Å². The Hall–Kier alpha value is -0.770. The van der Waals surface area contributed by atoms with Gasteiger partial charge in [-0.25, -0.2) is 4.79 Å². The van der Waals surface area contributed by atoms with Gasteiger partial charge in [0.15, 0.2) is 6.79 Å². The van der Waals surface area contributed by atoms with Crippen molar-refractivity contribution in [3.8, 4) is 0 Å². The lowest BCUT2D eigenvalue weighted by Crippen LogP contribution is -2.18. The number of hydrogen-bond acceptors (Lipinski definition) is 4. The highest BCUT2D eigenvalue weighted by molar-refractivity contribution is 5.59. The Morgan fingerprint density at radius 3 is 2.38 bits per heavy atom. The molecule has 0 saturated carbocycles. The average molecular weight is 232 g/mol. The molecule has 0 spiro atoms. The lowest BCUT2D eigenvalue weighted by atomic mass is 10.2. The van der Waals surface area contributed by atoms with Crippen LogP contribution in [0.25, 0.3) is 0 Å². The quantitative estimate of drug-likeness (QED) is 0.475. The van der Waals surface area contributed by atoms with Gasteiger partial charge in [0.25, 0.3) is 0 Å². The van der Waals surface area contributed by atoms with E-state index in [0.29, 0.717) is 12.5 Å². The second-order valence-electron chi connectivity index (χ2n) is 4.20. The number of carbonyl (C=O) groups is 1. The third kappa shape index (κ3) is 8.53. The van der Waals surface area contributed by atoms with Gasteiger partial charge < -0.3 is 14.2 Å². The highest BCUT2D eigenvalue weighted by Gasteiger charge is 2.08. The molecule has 96 valence electrons. The summed E-state index contributed by atoms with van der Waals surface area (Å²) in [7, 11) is 0. The topological polar surface area (TPSA) is 44.8 Å². The molecule has 0 N–H and O–H groups in total. The van der Waals surface area contributed by atoms with Gasteiger partial charge in [-0.05, 0) is 18.8 Å². The standard InChI is InChI=1S/C12H24O4/c1-5-7-11(6-2)15-9-16-12(13)14-8-10(3)4/h10-11H,5-9H2,1-4H3. The maximum Gasteiger partial charge on any atom is 0.510 e. The van der Waals surface area contributed by atoms with Crippen LogP contribution in [0.15, 0.2) is 0 Å². The van der Waals surface area contributed by atoms with Crippen LogP contribution in [0.4, 0.5) is 4.79 Å². The molecule has 0 aliphatic heterocycles. The first kappa shape index (κ1) is 15.2. The number of carbonyl (C=O) groups excluding carboxylic acids is 1. The molecule has 0 fully saturated rings. The molecule has 0 aliphatic rings. The molecular weight excluding hydrogens is 208 g/mol. The zero-order valence-corrected chi connectivity index (χ0v) is 10.8. The molecule has 4 nitrogen and oxygen atoms in total. The normalized spacial score (nSPS) is 12.6. The summed E-state index contributed by atoms with van der Waals surface area (Å²) in [6, 6.07) is 0. The van der Waals surface area contributed by atoms with Crippen LogP contribution in [0.1, 0.15) is 47.0 Å². The minimum absolute atomic E-state index is 0.0184. The van der Waals surface area contributed by atoms with Crippen LogP contribution in [-0.2, 0) is 14.2 Å². The Labute approximate surface area is 98.3 Å². The van der Waals surface area contributed by atoms with Crippen molar-refractivity contribution < 1.29 is 19.0 Å². The molecule has 4 heteroatoms. The van der Waals surface area contributed by atoms with E-state index in [4.69, 9.17) is 14.2 Å². The van der Waals surface area contributed by atoms with Gasteiger partial charge in [-0.2, -0.15) is 0 Å². The second-order valence-corrected chi connectivity index (χ2v) is 4.20. The molecule has 16 heavy (non-hydrogen) atoms. The predicted octanol–water partition coefficient (Wildman–Crippen LogP) is 3.35. The lowest BCUT2D eigenvalue weighted by molar-refractivity contribution is -0.0807. The first-order valence-corrected chi connectivity index (χ1v) is 6.01. The predicted molar refractivity (Wildman–Crippen MR) is 62.2 cm³/mol. The van der Waals surface area contributed by atoms with Crippen molar-refractivity contribution in [3.63, 3.8) is 0 Å². The molecule has 1 atom stereocenters. The third-order valence-electron chi connectivity index (χ3n) is 2.08. The Bertz CT molecular complexity index is 180. The van der Waals surface area contributed by atoms with Gasteiger partial charge in [0, 0.05) is 0 Å². The number of rotatable bonds is 8. The first-order valence-electron chi connectivity index (χ1n) is 6.01. The molecule has 0 rings (SSSR count). The van der Waals surface area contributed by atoms with E-state index in [1.54, 1.807) is 0 Å². The van der Waals surface area contributed by atoms with E-state index < -0.39 is 6.16 Å². The van der Waals surface area contributed by atoms with Crippen molar-refractivity contribution >= 4 is 6.16 Å². The van der Waals surface area contributed by atoms with Crippen molar-refractivity contribution in [1.82, 2.24) is 0 Å². The summed E-state index contributed by atoms with van der Waals surface area (Å²) in [6.07, 6.45) is 2.50. The van der Waals surface area contributed by atoms with Crippen LogP contribution in [0.2, 0.25) is 0 Å². The van der Waals surface area contributed by atoms with Gasteiger partial charge >= 0.3 is 6.16 Å². The van der Waals surface area contributed by atoms with E-state index in [1.165, 1.54) is 0 Å². The van der Waals surface area contributed by atoms with E-state index in [2.05, 4.69) is 13.8 Å². The fourth-order valence-electron chi connectivity index (χ4n) is 1.18. The average Bonchev–Trinajstić information content (AvgIpc) is 2.25. The number of ether oxygens (including phenoxy) is 3. The van der Waals surface area contributed by atoms with Crippen LogP contribution >= 0.6 is 0 Å². The maximum absolute atomic E-state index is 11.1. The molecule has 0 bridgehead atoms. The monoisotopic (exact) mass is 232 g/mol. The zero-order chi connectivity index (χ0) is 12.4. The summed E-state index contributed by atoms with van der Waals surface area (Å²) in [5.74, 6) is 0.317. The fourth-order valence-corrected chi connectivity index (χ4v) is 1.18. The van der Waals surface area contributed by atoms with Crippen LogP contribution in [0.5, 0.6) is 0 Å². The van der Waals surface area contributed by atoms with E-state index in [0.717, 1.165) is 19.3 Å². The van der Waals surface area contributed by atoms with Gasteiger partial charge in [0.05, 0.1) is 12.7 Å². The van der Waals surface area contributed by atoms with Crippen LogP contribution in [-0.4, -0.2) is 25.7 Å². The van der Waals surface area contributed by atoms with Gasteiger partial charge in [0.1, 0.15) is 0 Å². The first-order chi connectivity index (χ1) is 7.60. The molecule has 0 saturated heterocycles. The molecule has 0 aromatic carbocycles. The van der Waals surface area contributed by atoms with E-state index >= 15 is 0 Å². The summed E-state index contributed by atoms with van der Waals surface area (Å²) in [5.41, 5.74) is 0. The fraction of sp³-hybridized carbons (Fsp3) is 0.917. The highest BCUT2D eigenvalue weighted by atomic mass is 16.8. The molecule has 0 radical (unpaired) electrons. The maximum atomic E-state index is 11.1. The molecule has 0 aromatic heterocycles. The summed E-state index contributed by atoms with van der Waals surface area (Å²) < 4.78 is 15.0. The van der Waals surface area contributed by atoms with Crippen LogP contribution in [0, 0.1) is 5.92 Å². The van der Waals surface area contributed by atoms with Crippen LogP contribution in [0.3, 0.4) is 0 Å². The van der Waals surface area contributed by atoms with Gasteiger partial charge in [-0.15, -0.1) is 0 Å². The van der Waals surface area contributed by atoms with Crippen molar-refractivity contribution in [2.45, 2.75) is 53.1 Å². The van der Waals surface area contributed by atoms with E-state index in [-0.39, 0.29) is 12.9 Å². The Balaban J connectivity index is 3.52. The Kier molecular flexibility index (Phi) is 9.00. The summed E-state index contributed by atoms with van der Waals surface area (Å²) >= 11 is 0. The molecule has 0 heterocycles. The largest absolute Gasteiger partial charge is 0.510 e. The smallest absolute Gasteiger partial charge is 0.434 e. The van der Waals surface area contributed by atoms with Crippen molar-refractivity contribution in [2.24, 2.45) is 5.92 Å². The zero-order valence-electron chi connectivity index (χ0n) is 10.8. The third-order valence-corrected chi connectivity index (χ3v) is 2.08. The molecule has 0 aromatic rings. The lowest BCUT2D eigenvalue weighted by Gasteiger charge is -2.15. The van der Waals surface area contributed by atoms with Gasteiger partial charge in [-0.3, -0.25) is 0 Å². The van der Waals surface area contributed by atoms with Gasteiger partial charge in [-0.1, -0.05) is 34.1 Å². The molecule has 0 aliphatic carbocycles. The molecule has 0 amide bonds.